The Hall–Kier alpha value is -3.56. The third-order valence-corrected chi connectivity index (χ3v) is 7.40. The number of rotatable bonds is 9. The summed E-state index contributed by atoms with van der Waals surface area (Å²) in [4.78, 5) is 47.7. The molecule has 1 aromatic carbocycles. The van der Waals surface area contributed by atoms with Gasteiger partial charge in [-0.1, -0.05) is 12.1 Å². The highest BCUT2D eigenvalue weighted by Gasteiger charge is 2.64. The van der Waals surface area contributed by atoms with Gasteiger partial charge in [-0.3, -0.25) is 19.8 Å². The molecule has 0 spiro atoms. The van der Waals surface area contributed by atoms with Crippen molar-refractivity contribution in [2.75, 3.05) is 6.54 Å². The molecule has 204 valence electrons. The molecule has 14 nitrogen and oxygen atoms in total. The Bertz CT molecular complexity index is 1040. The summed E-state index contributed by atoms with van der Waals surface area (Å²) in [6, 6.07) is 2.39. The van der Waals surface area contributed by atoms with Crippen molar-refractivity contribution in [2.45, 2.75) is 61.0 Å². The van der Waals surface area contributed by atoms with Gasteiger partial charge in [0.15, 0.2) is 5.96 Å². The predicted molar refractivity (Wildman–Crippen MR) is 135 cm³/mol. The number of carboxylic acids is 2. The van der Waals surface area contributed by atoms with E-state index in [1.54, 1.807) is 13.8 Å². The third-order valence-electron chi connectivity index (χ3n) is 5.83. The molecule has 1 unspecified atom stereocenters. The minimum atomic E-state index is -1.06. The van der Waals surface area contributed by atoms with Crippen LogP contribution in [-0.4, -0.2) is 84.7 Å². The minimum Gasteiger partial charge on any atom is -0.508 e. The lowest BCUT2D eigenvalue weighted by molar-refractivity contribution is -0.161. The van der Waals surface area contributed by atoms with Crippen LogP contribution in [0.4, 0.5) is 0 Å². The quantitative estimate of drug-likeness (QED) is 0.0766. The van der Waals surface area contributed by atoms with Crippen LogP contribution in [0.25, 0.3) is 0 Å². The molecule has 2 aliphatic heterocycles. The number of β-lactam (4-membered cyclic amide) rings is 1. The van der Waals surface area contributed by atoms with Crippen LogP contribution < -0.4 is 27.8 Å². The lowest BCUT2D eigenvalue weighted by Crippen LogP contribution is -2.71. The van der Waals surface area contributed by atoms with Crippen LogP contribution in [0.3, 0.4) is 0 Å². The molecule has 3 rings (SSSR count). The molecule has 1 aromatic rings. The fourth-order valence-electron chi connectivity index (χ4n) is 3.89. The Kier molecular flexibility index (Phi) is 9.72. The number of aliphatic carboxylic acids is 2. The topological polar surface area (TPSA) is 258 Å². The van der Waals surface area contributed by atoms with Gasteiger partial charge in [0.05, 0.1) is 0 Å². The number of guanidine groups is 1. The Morgan fingerprint density at radius 1 is 1.19 bits per heavy atom. The van der Waals surface area contributed by atoms with Crippen molar-refractivity contribution in [3.05, 3.63) is 29.8 Å². The zero-order valence-electron chi connectivity index (χ0n) is 20.4. The highest BCUT2D eigenvalue weighted by atomic mass is 32.2. The van der Waals surface area contributed by atoms with Crippen LogP contribution in [0.5, 0.6) is 5.75 Å². The summed E-state index contributed by atoms with van der Waals surface area (Å²) in [7, 11) is 0. The van der Waals surface area contributed by atoms with Crippen molar-refractivity contribution >= 4 is 41.5 Å². The van der Waals surface area contributed by atoms with E-state index < -0.39 is 58.0 Å². The summed E-state index contributed by atoms with van der Waals surface area (Å²) in [5.74, 6) is -3.05. The first kappa shape index (κ1) is 29.7. The molecule has 2 amide bonds. The van der Waals surface area contributed by atoms with Gasteiger partial charge in [-0.2, -0.15) is 0 Å². The number of hydrogen-bond donors (Lipinski definition) is 9. The van der Waals surface area contributed by atoms with E-state index in [2.05, 4.69) is 10.6 Å². The largest absolute Gasteiger partial charge is 0.508 e. The van der Waals surface area contributed by atoms with Crippen LogP contribution in [0, 0.1) is 5.41 Å². The molecule has 2 heterocycles. The Balaban J connectivity index is 0.000000341. The normalized spacial score (nSPS) is 22.9. The van der Waals surface area contributed by atoms with E-state index in [1.165, 1.54) is 40.9 Å². The van der Waals surface area contributed by atoms with Gasteiger partial charge in [0.1, 0.15) is 35.3 Å². The molecule has 0 saturated carbocycles. The van der Waals surface area contributed by atoms with E-state index in [0.29, 0.717) is 24.9 Å². The fourth-order valence-corrected chi connectivity index (χ4v) is 5.52. The zero-order chi connectivity index (χ0) is 28.1. The highest BCUT2D eigenvalue weighted by molar-refractivity contribution is 8.01. The smallest absolute Gasteiger partial charge is 0.327 e. The van der Waals surface area contributed by atoms with Crippen molar-refractivity contribution in [1.29, 1.82) is 5.41 Å². The molecule has 15 heteroatoms. The summed E-state index contributed by atoms with van der Waals surface area (Å²) in [5, 5.41) is 38.6. The summed E-state index contributed by atoms with van der Waals surface area (Å²) >= 11 is 1.35. The van der Waals surface area contributed by atoms with Crippen molar-refractivity contribution in [3.63, 3.8) is 0 Å². The summed E-state index contributed by atoms with van der Waals surface area (Å²) in [6.45, 7) is 4.02. The average molecular weight is 540 g/mol. The van der Waals surface area contributed by atoms with Crippen LogP contribution in [0.1, 0.15) is 38.3 Å². The monoisotopic (exact) mass is 539 g/mol. The van der Waals surface area contributed by atoms with E-state index in [4.69, 9.17) is 27.7 Å². The minimum absolute atomic E-state index is 0.0606. The number of amides is 2. The number of phenolic OH excluding ortho intramolecular Hbond substituents is 1. The number of nitrogens with one attached hydrogen (secondary N) is 3. The number of aromatic hydroxyl groups is 1. The number of nitrogens with zero attached hydrogens (tertiary/aromatic N) is 1. The molecule has 5 atom stereocenters. The van der Waals surface area contributed by atoms with Gasteiger partial charge in [-0.05, 0) is 44.4 Å². The maximum absolute atomic E-state index is 12.3. The number of carbonyl (C=O) groups is 4. The van der Waals surface area contributed by atoms with Crippen LogP contribution in [0.2, 0.25) is 0 Å². The molecule has 37 heavy (non-hydrogen) atoms. The zero-order valence-corrected chi connectivity index (χ0v) is 21.2. The number of hydrogen-bond acceptors (Lipinski definition) is 9. The van der Waals surface area contributed by atoms with Crippen LogP contribution in [-0.2, 0) is 19.2 Å². The molecule has 0 radical (unpaired) electrons. The van der Waals surface area contributed by atoms with E-state index in [-0.39, 0.29) is 11.7 Å². The molecule has 0 bridgehead atoms. The van der Waals surface area contributed by atoms with Crippen LogP contribution in [0.15, 0.2) is 24.3 Å². The van der Waals surface area contributed by atoms with Crippen molar-refractivity contribution in [3.8, 4) is 5.75 Å². The van der Waals surface area contributed by atoms with E-state index in [9.17, 15) is 29.4 Å². The number of phenols is 1. The molecule has 0 aliphatic carbocycles. The Morgan fingerprint density at radius 3 is 2.30 bits per heavy atom. The average Bonchev–Trinajstić information content (AvgIpc) is 3.08. The maximum Gasteiger partial charge on any atom is 0.327 e. The molecular formula is C22H33N7O7S. The second-order valence-electron chi connectivity index (χ2n) is 9.08. The molecule has 0 aromatic heterocycles. The van der Waals surface area contributed by atoms with Gasteiger partial charge < -0.3 is 48.1 Å². The molecule has 2 aliphatic rings. The van der Waals surface area contributed by atoms with E-state index >= 15 is 0 Å². The highest BCUT2D eigenvalue weighted by Crippen LogP contribution is 2.50. The second kappa shape index (κ2) is 12.1. The van der Waals surface area contributed by atoms with Gasteiger partial charge in [0, 0.05) is 11.3 Å². The number of thioether (sulfide) groups is 1. The van der Waals surface area contributed by atoms with Gasteiger partial charge in [-0.25, -0.2) is 4.79 Å². The number of fused-ring (bicyclic) bond motifs is 1. The standard InChI is InChI=1S/C16H19N3O5S.C6H14N4O2/c1-16(2)11(15(23)24)19-13(22)10(14(19)25-16)18-12(21)9(17)7-3-5-8(20)6-4-7;7-4(5(11)12)2-1-3-10-6(8)9/h3-6,9-11,14,20H,17H2,1-2H3,(H,18,21)(H,23,24);4H,1-3,7H2,(H,11,12)(H4,8,9,10)/t9-,10-,11+,14-;/m1./s1. The molecule has 2 fully saturated rings. The van der Waals surface area contributed by atoms with E-state index in [1.807, 2.05) is 0 Å². The summed E-state index contributed by atoms with van der Waals surface area (Å²) in [6.07, 6.45) is 0.975. The molecule has 12 N–H and O–H groups in total. The van der Waals surface area contributed by atoms with E-state index in [0.717, 1.165) is 0 Å². The molecule has 2 saturated heterocycles. The number of nitrogens with two attached hydrogens (primary N) is 3. The third kappa shape index (κ3) is 7.24. The first-order valence-corrected chi connectivity index (χ1v) is 12.2. The summed E-state index contributed by atoms with van der Waals surface area (Å²) in [5.41, 5.74) is 16.6. The van der Waals surface area contributed by atoms with Gasteiger partial charge in [-0.15, -0.1) is 11.8 Å². The van der Waals surface area contributed by atoms with Crippen LogP contribution >= 0.6 is 11.8 Å². The van der Waals surface area contributed by atoms with Crippen molar-refractivity contribution in [1.82, 2.24) is 15.5 Å². The fraction of sp³-hybridized carbons (Fsp3) is 0.500. The Morgan fingerprint density at radius 2 is 1.78 bits per heavy atom. The molecular weight excluding hydrogens is 506 g/mol. The van der Waals surface area contributed by atoms with Crippen molar-refractivity contribution in [2.24, 2.45) is 17.2 Å². The van der Waals surface area contributed by atoms with Crippen molar-refractivity contribution < 1.29 is 34.5 Å². The number of benzene rings is 1. The second-order valence-corrected chi connectivity index (χ2v) is 10.9. The predicted octanol–water partition coefficient (Wildman–Crippen LogP) is -1.31. The number of carboxylic acid groups (broad SMARTS) is 2. The lowest BCUT2D eigenvalue weighted by atomic mass is 9.95. The Labute approximate surface area is 217 Å². The summed E-state index contributed by atoms with van der Waals surface area (Å²) < 4.78 is -0.648. The lowest BCUT2D eigenvalue weighted by Gasteiger charge is -2.43. The maximum atomic E-state index is 12.3. The SMILES string of the molecule is CC1(C)S[C@@H]2[C@H](NC(=O)[C@H](N)c3ccc(O)cc3)C(=O)N2[C@H]1C(=O)O.N=C(N)NCCCC(N)C(=O)O. The van der Waals surface area contributed by atoms with Gasteiger partial charge in [0.2, 0.25) is 11.8 Å². The first-order chi connectivity index (χ1) is 17.2. The van der Waals surface area contributed by atoms with Gasteiger partial charge in [0.25, 0.3) is 0 Å². The van der Waals surface area contributed by atoms with Gasteiger partial charge >= 0.3 is 11.9 Å². The first-order valence-electron chi connectivity index (χ1n) is 11.3. The number of carbonyl (C=O) groups excluding carboxylic acids is 2.